The van der Waals surface area contributed by atoms with Crippen LogP contribution in [0, 0.1) is 6.92 Å². The molecular formula is C13H19ClN6O3S. The number of amides is 1. The summed E-state index contributed by atoms with van der Waals surface area (Å²) in [6, 6.07) is 3.17. The van der Waals surface area contributed by atoms with E-state index in [1.54, 1.807) is 30.7 Å². The predicted molar refractivity (Wildman–Crippen MR) is 92.3 cm³/mol. The Labute approximate surface area is 146 Å². The van der Waals surface area contributed by atoms with Crippen molar-refractivity contribution in [2.45, 2.75) is 18.4 Å². The minimum absolute atomic E-state index is 0. The van der Waals surface area contributed by atoms with E-state index >= 15 is 0 Å². The number of nitrogens with zero attached hydrogens (tertiary/aromatic N) is 3. The van der Waals surface area contributed by atoms with Gasteiger partial charge in [-0.1, -0.05) is 0 Å². The number of rotatable bonds is 6. The fraction of sp³-hybridized carbons (Fsp3) is 0.308. The Morgan fingerprint density at radius 1 is 1.38 bits per heavy atom. The van der Waals surface area contributed by atoms with Crippen molar-refractivity contribution in [2.75, 3.05) is 17.6 Å². The zero-order valence-corrected chi connectivity index (χ0v) is 14.8. The average molecular weight is 375 g/mol. The van der Waals surface area contributed by atoms with E-state index in [9.17, 15) is 13.2 Å². The van der Waals surface area contributed by atoms with E-state index < -0.39 is 10.0 Å². The van der Waals surface area contributed by atoms with Crippen LogP contribution < -0.4 is 15.8 Å². The molecule has 0 fully saturated rings. The Balaban J connectivity index is 0.00000288. The van der Waals surface area contributed by atoms with Gasteiger partial charge in [-0.25, -0.2) is 23.1 Å². The number of carbonyl (C=O) groups excluding carboxylic acids is 1. The summed E-state index contributed by atoms with van der Waals surface area (Å²) < 4.78 is 28.0. The van der Waals surface area contributed by atoms with Crippen molar-refractivity contribution in [1.29, 1.82) is 0 Å². The van der Waals surface area contributed by atoms with E-state index in [1.807, 2.05) is 0 Å². The third-order valence-corrected chi connectivity index (χ3v) is 4.41. The number of nitrogen functional groups attached to an aromatic ring is 1. The lowest BCUT2D eigenvalue weighted by Crippen LogP contribution is -2.28. The zero-order chi connectivity index (χ0) is 17.0. The van der Waals surface area contributed by atoms with Crippen LogP contribution in [-0.4, -0.2) is 35.4 Å². The van der Waals surface area contributed by atoms with Crippen LogP contribution in [0.15, 0.2) is 29.6 Å². The summed E-state index contributed by atoms with van der Waals surface area (Å²) in [5, 5.41) is 2.53. The molecule has 2 heterocycles. The van der Waals surface area contributed by atoms with Crippen LogP contribution in [-0.2, 0) is 21.9 Å². The zero-order valence-electron chi connectivity index (χ0n) is 13.2. The highest BCUT2D eigenvalue weighted by molar-refractivity contribution is 7.89. The van der Waals surface area contributed by atoms with Crippen LogP contribution in [0.4, 0.5) is 11.5 Å². The number of pyridine rings is 1. The second-order valence-electron chi connectivity index (χ2n) is 4.90. The van der Waals surface area contributed by atoms with Gasteiger partial charge in [0.1, 0.15) is 11.6 Å². The van der Waals surface area contributed by atoms with E-state index in [0.717, 1.165) is 0 Å². The molecule has 0 atom stereocenters. The Bertz CT molecular complexity index is 784. The van der Waals surface area contributed by atoms with Crippen molar-refractivity contribution in [3.63, 3.8) is 0 Å². The Morgan fingerprint density at radius 2 is 2.08 bits per heavy atom. The van der Waals surface area contributed by atoms with Gasteiger partial charge in [-0.05, 0) is 19.1 Å². The summed E-state index contributed by atoms with van der Waals surface area (Å²) in [6.45, 7) is 1.67. The molecule has 0 saturated carbocycles. The predicted octanol–water partition coefficient (Wildman–Crippen LogP) is 0.435. The van der Waals surface area contributed by atoms with Gasteiger partial charge in [0.2, 0.25) is 5.91 Å². The number of carbonyl (C=O) groups is 1. The number of hydrogen-bond acceptors (Lipinski definition) is 6. The van der Waals surface area contributed by atoms with Gasteiger partial charge in [0.05, 0.1) is 11.9 Å². The molecule has 2 rings (SSSR count). The molecular weight excluding hydrogens is 356 g/mol. The van der Waals surface area contributed by atoms with Crippen LogP contribution in [0.5, 0.6) is 0 Å². The molecule has 0 saturated heterocycles. The van der Waals surface area contributed by atoms with Gasteiger partial charge in [-0.15, -0.1) is 12.4 Å². The van der Waals surface area contributed by atoms with Crippen molar-refractivity contribution in [1.82, 2.24) is 19.3 Å². The molecule has 0 aromatic carbocycles. The standard InChI is InChI=1S/C13H18N6O3S.ClH/c1-9-17-13(8-19(9)2)23(21,22)16-6-5-12(20)18-10-3-4-11(14)15-7-10;/h3-4,7-8,16H,5-6H2,1-2H3,(H2,14,15)(H,18,20);1H. The highest BCUT2D eigenvalue weighted by atomic mass is 35.5. The van der Waals surface area contributed by atoms with Crippen molar-refractivity contribution in [3.05, 3.63) is 30.4 Å². The molecule has 9 nitrogen and oxygen atoms in total. The maximum absolute atomic E-state index is 12.0. The molecule has 2 aromatic heterocycles. The second kappa shape index (κ2) is 8.08. The molecule has 132 valence electrons. The number of nitrogens with one attached hydrogen (secondary N) is 2. The maximum atomic E-state index is 12.0. The first-order valence-electron chi connectivity index (χ1n) is 6.79. The monoisotopic (exact) mass is 374 g/mol. The maximum Gasteiger partial charge on any atom is 0.259 e. The molecule has 11 heteroatoms. The van der Waals surface area contributed by atoms with E-state index in [1.165, 1.54) is 12.4 Å². The largest absolute Gasteiger partial charge is 0.384 e. The van der Waals surface area contributed by atoms with E-state index in [0.29, 0.717) is 17.3 Å². The number of aromatic nitrogens is 3. The smallest absolute Gasteiger partial charge is 0.259 e. The normalized spacial score (nSPS) is 10.9. The number of imidazole rings is 1. The van der Waals surface area contributed by atoms with Gasteiger partial charge in [-0.2, -0.15) is 0 Å². The fourth-order valence-electron chi connectivity index (χ4n) is 1.73. The van der Waals surface area contributed by atoms with Crippen LogP contribution in [0.2, 0.25) is 0 Å². The Kier molecular flexibility index (Phi) is 6.70. The molecule has 2 aromatic rings. The van der Waals surface area contributed by atoms with Crippen LogP contribution >= 0.6 is 12.4 Å². The highest BCUT2D eigenvalue weighted by Crippen LogP contribution is 2.08. The molecule has 0 aliphatic rings. The SMILES string of the molecule is Cc1nc(S(=O)(=O)NCCC(=O)Nc2ccc(N)nc2)cn1C.Cl. The van der Waals surface area contributed by atoms with Crippen molar-refractivity contribution >= 4 is 39.8 Å². The molecule has 4 N–H and O–H groups in total. The van der Waals surface area contributed by atoms with Gasteiger partial charge in [0.15, 0.2) is 5.03 Å². The minimum atomic E-state index is -3.73. The topological polar surface area (TPSA) is 132 Å². The fourth-order valence-corrected chi connectivity index (χ4v) is 2.80. The van der Waals surface area contributed by atoms with E-state index in [-0.39, 0.29) is 36.3 Å². The number of aryl methyl sites for hydroxylation is 2. The van der Waals surface area contributed by atoms with Crippen LogP contribution in [0.1, 0.15) is 12.2 Å². The average Bonchev–Trinajstić information content (AvgIpc) is 2.82. The lowest BCUT2D eigenvalue weighted by Gasteiger charge is -2.06. The molecule has 0 spiro atoms. The highest BCUT2D eigenvalue weighted by Gasteiger charge is 2.18. The van der Waals surface area contributed by atoms with Crippen molar-refractivity contribution in [3.8, 4) is 0 Å². The lowest BCUT2D eigenvalue weighted by molar-refractivity contribution is -0.116. The summed E-state index contributed by atoms with van der Waals surface area (Å²) in [6.07, 6.45) is 2.82. The molecule has 0 unspecified atom stereocenters. The number of anilines is 2. The van der Waals surface area contributed by atoms with Gasteiger partial charge in [0.25, 0.3) is 10.0 Å². The third kappa shape index (κ3) is 5.18. The summed E-state index contributed by atoms with van der Waals surface area (Å²) in [4.78, 5) is 19.5. The number of sulfonamides is 1. The summed E-state index contributed by atoms with van der Waals surface area (Å²) in [7, 11) is -2.02. The first kappa shape index (κ1) is 19.9. The Morgan fingerprint density at radius 3 is 2.62 bits per heavy atom. The third-order valence-electron chi connectivity index (χ3n) is 3.08. The minimum Gasteiger partial charge on any atom is -0.384 e. The number of nitrogens with two attached hydrogens (primary N) is 1. The molecule has 24 heavy (non-hydrogen) atoms. The summed E-state index contributed by atoms with van der Waals surface area (Å²) in [5.41, 5.74) is 5.94. The molecule has 0 aliphatic carbocycles. The number of halogens is 1. The van der Waals surface area contributed by atoms with E-state index in [4.69, 9.17) is 5.73 Å². The first-order chi connectivity index (χ1) is 10.8. The Hall–Kier alpha value is -2.17. The molecule has 0 bridgehead atoms. The van der Waals surface area contributed by atoms with Crippen LogP contribution in [0.3, 0.4) is 0 Å². The molecule has 0 aliphatic heterocycles. The van der Waals surface area contributed by atoms with Gasteiger partial charge >= 0.3 is 0 Å². The van der Waals surface area contributed by atoms with Gasteiger partial charge in [-0.3, -0.25) is 4.79 Å². The summed E-state index contributed by atoms with van der Waals surface area (Å²) >= 11 is 0. The molecule has 0 radical (unpaired) electrons. The van der Waals surface area contributed by atoms with Gasteiger partial charge in [0, 0.05) is 26.2 Å². The van der Waals surface area contributed by atoms with E-state index in [2.05, 4.69) is 20.0 Å². The van der Waals surface area contributed by atoms with Gasteiger partial charge < -0.3 is 15.6 Å². The summed E-state index contributed by atoms with van der Waals surface area (Å²) in [5.74, 6) is 0.594. The molecule has 1 amide bonds. The second-order valence-corrected chi connectivity index (χ2v) is 6.62. The lowest BCUT2D eigenvalue weighted by atomic mass is 10.3. The first-order valence-corrected chi connectivity index (χ1v) is 8.27. The van der Waals surface area contributed by atoms with Crippen molar-refractivity contribution < 1.29 is 13.2 Å². The van der Waals surface area contributed by atoms with Crippen molar-refractivity contribution in [2.24, 2.45) is 7.05 Å². The van der Waals surface area contributed by atoms with Crippen LogP contribution in [0.25, 0.3) is 0 Å². The number of hydrogen-bond donors (Lipinski definition) is 3. The quantitative estimate of drug-likeness (QED) is 0.671.